The molecule has 24 heavy (non-hydrogen) atoms. The number of halogens is 2. The number of alkyl halides is 2. The molecule has 0 bridgehead atoms. The van der Waals surface area contributed by atoms with Crippen LogP contribution in [0.15, 0.2) is 58.5 Å². The maximum absolute atomic E-state index is 12.1. The third kappa shape index (κ3) is 4.76. The van der Waals surface area contributed by atoms with E-state index < -0.39 is 16.6 Å². The zero-order valence-corrected chi connectivity index (χ0v) is 13.8. The summed E-state index contributed by atoms with van der Waals surface area (Å²) in [7, 11) is -3.90. The van der Waals surface area contributed by atoms with E-state index in [1.165, 1.54) is 0 Å². The van der Waals surface area contributed by atoms with Crippen LogP contribution < -0.4 is 9.57 Å². The number of rotatable bonds is 6. The quantitative estimate of drug-likeness (QED) is 0.639. The molecule has 2 aromatic rings. The van der Waals surface area contributed by atoms with Crippen LogP contribution in [0.5, 0.6) is 5.75 Å². The Morgan fingerprint density at radius 3 is 2.21 bits per heavy atom. The Bertz CT molecular complexity index is 817. The van der Waals surface area contributed by atoms with Crippen LogP contribution in [0.4, 0.5) is 8.78 Å². The molecule has 128 valence electrons. The van der Waals surface area contributed by atoms with Crippen molar-refractivity contribution in [1.29, 1.82) is 0 Å². The van der Waals surface area contributed by atoms with E-state index in [1.54, 1.807) is 6.92 Å². The first-order valence-corrected chi connectivity index (χ1v) is 8.44. The zero-order valence-electron chi connectivity index (χ0n) is 13.0. The van der Waals surface area contributed by atoms with Crippen molar-refractivity contribution in [3.8, 4) is 5.75 Å². The Labute approximate surface area is 139 Å². The van der Waals surface area contributed by atoms with Gasteiger partial charge in [-0.1, -0.05) is 29.8 Å². The molecule has 0 aliphatic heterocycles. The van der Waals surface area contributed by atoms with Gasteiger partial charge in [-0.15, -0.1) is 0 Å². The monoisotopic (exact) mass is 354 g/mol. The number of nitrogens with zero attached hydrogens (tertiary/aromatic N) is 1. The molecule has 0 saturated heterocycles. The van der Waals surface area contributed by atoms with E-state index in [0.717, 1.165) is 35.4 Å². The predicted molar refractivity (Wildman–Crippen MR) is 86.8 cm³/mol. The van der Waals surface area contributed by atoms with Gasteiger partial charge in [-0.2, -0.15) is 27.1 Å². The summed E-state index contributed by atoms with van der Waals surface area (Å²) in [6.45, 7) is 0.653. The number of aryl methyl sites for hydroxylation is 1. The van der Waals surface area contributed by atoms with E-state index in [1.807, 2.05) is 31.2 Å². The third-order valence-corrected chi connectivity index (χ3v) is 4.39. The molecule has 2 rings (SSSR count). The van der Waals surface area contributed by atoms with Crippen molar-refractivity contribution in [3.63, 3.8) is 0 Å². The number of hydrazone groups is 1. The molecule has 0 spiro atoms. The number of sulfonamides is 1. The highest BCUT2D eigenvalue weighted by atomic mass is 32.2. The summed E-state index contributed by atoms with van der Waals surface area (Å²) in [4.78, 5) is 2.01. The summed E-state index contributed by atoms with van der Waals surface area (Å²) in [5.74, 6) is -0.122. The first-order chi connectivity index (χ1) is 11.3. The average Bonchev–Trinajstić information content (AvgIpc) is 2.53. The second-order valence-corrected chi connectivity index (χ2v) is 6.67. The average molecular weight is 354 g/mol. The van der Waals surface area contributed by atoms with Crippen LogP contribution in [0, 0.1) is 6.92 Å². The molecule has 0 amide bonds. The normalized spacial score (nSPS) is 12.3. The number of ether oxygens (including phenoxy) is 1. The second kappa shape index (κ2) is 7.39. The lowest BCUT2D eigenvalue weighted by molar-refractivity contribution is -0.0498. The van der Waals surface area contributed by atoms with Crippen molar-refractivity contribution >= 4 is 15.7 Å². The first kappa shape index (κ1) is 17.9. The molecule has 8 heteroatoms. The molecular formula is C16H16F2N2O3S. The Hall–Kier alpha value is -2.48. The molecule has 0 aliphatic rings. The number of benzene rings is 2. The summed E-state index contributed by atoms with van der Waals surface area (Å²) in [6.07, 6.45) is 0. The second-order valence-electron chi connectivity index (χ2n) is 5.01. The molecule has 0 atom stereocenters. The molecule has 0 saturated carbocycles. The molecule has 0 fully saturated rings. The van der Waals surface area contributed by atoms with Crippen LogP contribution in [0.2, 0.25) is 0 Å². The molecule has 0 unspecified atom stereocenters. The fourth-order valence-corrected chi connectivity index (χ4v) is 2.70. The molecule has 0 radical (unpaired) electrons. The molecule has 2 aromatic carbocycles. The fraction of sp³-hybridized carbons (Fsp3) is 0.188. The van der Waals surface area contributed by atoms with Crippen molar-refractivity contribution in [2.45, 2.75) is 25.4 Å². The Morgan fingerprint density at radius 1 is 1.08 bits per heavy atom. The minimum absolute atomic E-state index is 0.107. The van der Waals surface area contributed by atoms with E-state index in [4.69, 9.17) is 0 Å². The zero-order chi connectivity index (χ0) is 17.7. The summed E-state index contributed by atoms with van der Waals surface area (Å²) in [6, 6.07) is 12.1. The molecule has 0 aliphatic carbocycles. The molecular weight excluding hydrogens is 338 g/mol. The van der Waals surface area contributed by atoms with E-state index in [9.17, 15) is 17.2 Å². The van der Waals surface area contributed by atoms with Crippen LogP contribution in [-0.4, -0.2) is 20.7 Å². The van der Waals surface area contributed by atoms with Crippen molar-refractivity contribution in [2.75, 3.05) is 0 Å². The molecule has 1 N–H and O–H groups in total. The van der Waals surface area contributed by atoms with Crippen LogP contribution in [0.3, 0.4) is 0 Å². The number of hydrogen-bond donors (Lipinski definition) is 1. The van der Waals surface area contributed by atoms with Gasteiger partial charge in [0.2, 0.25) is 0 Å². The lowest BCUT2D eigenvalue weighted by atomic mass is 10.1. The van der Waals surface area contributed by atoms with Crippen molar-refractivity contribution in [1.82, 2.24) is 4.83 Å². The van der Waals surface area contributed by atoms with Crippen LogP contribution in [-0.2, 0) is 10.0 Å². The lowest BCUT2D eigenvalue weighted by Gasteiger charge is -2.07. The Kier molecular flexibility index (Phi) is 5.50. The van der Waals surface area contributed by atoms with E-state index in [-0.39, 0.29) is 10.6 Å². The van der Waals surface area contributed by atoms with Gasteiger partial charge in [-0.05, 0) is 43.7 Å². The Balaban J connectivity index is 2.12. The summed E-state index contributed by atoms with van der Waals surface area (Å²) >= 11 is 0. The van der Waals surface area contributed by atoms with Gasteiger partial charge >= 0.3 is 6.61 Å². The number of nitrogens with one attached hydrogen (secondary N) is 1. The van der Waals surface area contributed by atoms with Gasteiger partial charge in [-0.25, -0.2) is 0 Å². The van der Waals surface area contributed by atoms with E-state index in [2.05, 4.69) is 14.7 Å². The third-order valence-electron chi connectivity index (χ3n) is 3.16. The van der Waals surface area contributed by atoms with Crippen LogP contribution >= 0.6 is 0 Å². The van der Waals surface area contributed by atoms with Crippen molar-refractivity contribution in [3.05, 3.63) is 59.7 Å². The smallest absolute Gasteiger partial charge is 0.387 e. The predicted octanol–water partition coefficient (Wildman–Crippen LogP) is 3.30. The summed E-state index contributed by atoms with van der Waals surface area (Å²) in [5, 5.41) is 3.87. The van der Waals surface area contributed by atoms with Gasteiger partial charge in [0.15, 0.2) is 0 Å². The molecule has 5 nitrogen and oxygen atoms in total. The van der Waals surface area contributed by atoms with E-state index in [0.29, 0.717) is 5.71 Å². The fourth-order valence-electron chi connectivity index (χ4n) is 1.84. The maximum atomic E-state index is 12.1. The Morgan fingerprint density at radius 2 is 1.67 bits per heavy atom. The summed E-state index contributed by atoms with van der Waals surface area (Å²) < 4.78 is 52.6. The van der Waals surface area contributed by atoms with Gasteiger partial charge in [0.25, 0.3) is 10.0 Å². The SMILES string of the molecule is C/C(=N\NS(=O)(=O)c1ccc(OC(F)F)cc1)c1ccc(C)cc1. The largest absolute Gasteiger partial charge is 0.435 e. The van der Waals surface area contributed by atoms with Gasteiger partial charge in [0.1, 0.15) is 5.75 Å². The lowest BCUT2D eigenvalue weighted by Crippen LogP contribution is -2.20. The highest BCUT2D eigenvalue weighted by Crippen LogP contribution is 2.17. The minimum atomic E-state index is -3.90. The van der Waals surface area contributed by atoms with Gasteiger partial charge in [0, 0.05) is 0 Å². The summed E-state index contributed by atoms with van der Waals surface area (Å²) in [5.41, 5.74) is 2.36. The first-order valence-electron chi connectivity index (χ1n) is 6.96. The highest BCUT2D eigenvalue weighted by Gasteiger charge is 2.14. The van der Waals surface area contributed by atoms with Crippen molar-refractivity contribution < 1.29 is 21.9 Å². The standard InChI is InChI=1S/C16H16F2N2O3S/c1-11-3-5-13(6-4-11)12(2)19-20-24(21,22)15-9-7-14(8-10-15)23-16(17)18/h3-10,16,20H,1-2H3/b19-12+. The molecule has 0 heterocycles. The van der Waals surface area contributed by atoms with Gasteiger partial charge < -0.3 is 4.74 Å². The van der Waals surface area contributed by atoms with Gasteiger partial charge in [0.05, 0.1) is 10.6 Å². The van der Waals surface area contributed by atoms with Crippen LogP contribution in [0.1, 0.15) is 18.1 Å². The maximum Gasteiger partial charge on any atom is 0.387 e. The molecule has 0 aromatic heterocycles. The topological polar surface area (TPSA) is 67.8 Å². The van der Waals surface area contributed by atoms with Gasteiger partial charge in [-0.3, -0.25) is 0 Å². The highest BCUT2D eigenvalue weighted by molar-refractivity contribution is 7.89. The van der Waals surface area contributed by atoms with Crippen molar-refractivity contribution in [2.24, 2.45) is 5.10 Å². The number of hydrogen-bond acceptors (Lipinski definition) is 4. The van der Waals surface area contributed by atoms with E-state index >= 15 is 0 Å². The minimum Gasteiger partial charge on any atom is -0.435 e. The van der Waals surface area contributed by atoms with Crippen LogP contribution in [0.25, 0.3) is 0 Å².